The molecule has 1 aromatic carbocycles. The van der Waals surface area contributed by atoms with Gasteiger partial charge < -0.3 is 9.64 Å². The van der Waals surface area contributed by atoms with E-state index < -0.39 is 0 Å². The van der Waals surface area contributed by atoms with E-state index in [-0.39, 0.29) is 17.6 Å². The third-order valence-electron chi connectivity index (χ3n) is 5.55. The Morgan fingerprint density at radius 1 is 1.03 bits per heavy atom. The molecule has 3 aromatic heterocycles. The van der Waals surface area contributed by atoms with Gasteiger partial charge in [0.2, 0.25) is 5.88 Å². The van der Waals surface area contributed by atoms with Crippen molar-refractivity contribution in [2.24, 2.45) is 0 Å². The van der Waals surface area contributed by atoms with Gasteiger partial charge in [0.1, 0.15) is 17.3 Å². The zero-order valence-electron chi connectivity index (χ0n) is 17.7. The fraction of sp³-hybridized carbons (Fsp3) is 0.208. The number of amides is 1. The summed E-state index contributed by atoms with van der Waals surface area (Å²) in [7, 11) is 0. The topological polar surface area (TPSA) is 86.0 Å². The van der Waals surface area contributed by atoms with Crippen LogP contribution in [0.1, 0.15) is 34.8 Å². The van der Waals surface area contributed by atoms with Gasteiger partial charge >= 0.3 is 0 Å². The first-order chi connectivity index (χ1) is 16.2. The first-order valence-corrected chi connectivity index (χ1v) is 10.7. The lowest BCUT2D eigenvalue weighted by molar-refractivity contribution is 0.0704. The van der Waals surface area contributed by atoms with Crippen LogP contribution in [0.5, 0.6) is 11.6 Å². The largest absolute Gasteiger partial charge is 0.437 e. The Kier molecular flexibility index (Phi) is 5.75. The molecule has 33 heavy (non-hydrogen) atoms. The van der Waals surface area contributed by atoms with Crippen LogP contribution in [0.15, 0.2) is 73.4 Å². The van der Waals surface area contributed by atoms with Crippen LogP contribution < -0.4 is 4.74 Å². The number of rotatable bonds is 5. The summed E-state index contributed by atoms with van der Waals surface area (Å²) >= 11 is 0. The van der Waals surface area contributed by atoms with Gasteiger partial charge in [0.05, 0.1) is 5.56 Å². The summed E-state index contributed by atoms with van der Waals surface area (Å²) in [5.41, 5.74) is 1.21. The molecule has 0 saturated carbocycles. The molecule has 1 amide bonds. The summed E-state index contributed by atoms with van der Waals surface area (Å²) < 4.78 is 20.7. The molecule has 4 heterocycles. The fourth-order valence-corrected chi connectivity index (χ4v) is 3.93. The molecular formula is C24H21FN6O2. The zero-order valence-corrected chi connectivity index (χ0v) is 17.7. The second-order valence-electron chi connectivity index (χ2n) is 7.75. The number of hydrogen-bond acceptors (Lipinski definition) is 6. The highest BCUT2D eigenvalue weighted by Gasteiger charge is 2.29. The minimum Gasteiger partial charge on any atom is -0.437 e. The van der Waals surface area contributed by atoms with E-state index in [1.165, 1.54) is 12.1 Å². The number of carbonyl (C=O) groups is 1. The van der Waals surface area contributed by atoms with Crippen LogP contribution >= 0.6 is 0 Å². The van der Waals surface area contributed by atoms with E-state index in [1.807, 2.05) is 11.0 Å². The van der Waals surface area contributed by atoms with Crippen molar-refractivity contribution >= 4 is 5.91 Å². The summed E-state index contributed by atoms with van der Waals surface area (Å²) in [6, 6.07) is 11.1. The lowest BCUT2D eigenvalue weighted by Crippen LogP contribution is -2.39. The molecule has 166 valence electrons. The van der Waals surface area contributed by atoms with Gasteiger partial charge in [-0.3, -0.25) is 9.78 Å². The third kappa shape index (κ3) is 4.57. The standard InChI is InChI=1S/C24H21FN6O2/c25-19-5-7-20(8-6-19)33-23-22(26-11-12-27-23)18-3-1-13-30(16-18)24(32)17-4-9-21(28-15-17)31-14-2-10-29-31/h2,4-12,14-15,18H,1,3,13,16H2/t18-/m1/s1. The van der Waals surface area contributed by atoms with Crippen molar-refractivity contribution in [3.05, 3.63) is 90.5 Å². The van der Waals surface area contributed by atoms with Crippen LogP contribution in [0.4, 0.5) is 4.39 Å². The molecule has 1 fully saturated rings. The Labute approximate surface area is 189 Å². The van der Waals surface area contributed by atoms with Crippen LogP contribution in [0, 0.1) is 5.82 Å². The number of carbonyl (C=O) groups excluding carboxylic acids is 1. The molecule has 5 rings (SSSR count). The van der Waals surface area contributed by atoms with Gasteiger partial charge in [-0.25, -0.2) is 19.0 Å². The molecule has 4 aromatic rings. The molecule has 0 bridgehead atoms. The highest BCUT2D eigenvalue weighted by atomic mass is 19.1. The van der Waals surface area contributed by atoms with Crippen LogP contribution in [0.25, 0.3) is 5.82 Å². The van der Waals surface area contributed by atoms with Gasteiger partial charge in [0.25, 0.3) is 5.91 Å². The molecule has 1 aliphatic rings. The number of pyridine rings is 1. The van der Waals surface area contributed by atoms with E-state index in [1.54, 1.807) is 59.9 Å². The maximum absolute atomic E-state index is 13.2. The molecule has 0 unspecified atom stereocenters. The van der Waals surface area contributed by atoms with Gasteiger partial charge in [-0.2, -0.15) is 5.10 Å². The molecule has 8 nitrogen and oxygen atoms in total. The van der Waals surface area contributed by atoms with Crippen LogP contribution in [0.3, 0.4) is 0 Å². The second-order valence-corrected chi connectivity index (χ2v) is 7.75. The number of nitrogens with zero attached hydrogens (tertiary/aromatic N) is 6. The molecule has 1 aliphatic heterocycles. The summed E-state index contributed by atoms with van der Waals surface area (Å²) in [5, 5.41) is 4.15. The van der Waals surface area contributed by atoms with Gasteiger partial charge in [-0.15, -0.1) is 0 Å². The Bertz CT molecular complexity index is 1230. The van der Waals surface area contributed by atoms with Crippen molar-refractivity contribution in [3.63, 3.8) is 0 Å². The smallest absolute Gasteiger partial charge is 0.255 e. The van der Waals surface area contributed by atoms with Crippen LogP contribution in [0.2, 0.25) is 0 Å². The molecule has 0 aliphatic carbocycles. The van der Waals surface area contributed by atoms with Crippen molar-refractivity contribution in [1.82, 2.24) is 29.6 Å². The van der Waals surface area contributed by atoms with Crippen molar-refractivity contribution in [1.29, 1.82) is 0 Å². The predicted molar refractivity (Wildman–Crippen MR) is 118 cm³/mol. The van der Waals surface area contributed by atoms with Crippen molar-refractivity contribution < 1.29 is 13.9 Å². The monoisotopic (exact) mass is 444 g/mol. The first kappa shape index (κ1) is 20.7. The summed E-state index contributed by atoms with van der Waals surface area (Å²) in [4.78, 5) is 28.2. The summed E-state index contributed by atoms with van der Waals surface area (Å²) in [5.74, 6) is 1.05. The fourth-order valence-electron chi connectivity index (χ4n) is 3.93. The number of piperidine rings is 1. The van der Waals surface area contributed by atoms with E-state index in [4.69, 9.17) is 4.74 Å². The van der Waals surface area contributed by atoms with E-state index >= 15 is 0 Å². The Morgan fingerprint density at radius 2 is 1.88 bits per heavy atom. The highest BCUT2D eigenvalue weighted by molar-refractivity contribution is 5.94. The predicted octanol–water partition coefficient (Wildman–Crippen LogP) is 4.01. The van der Waals surface area contributed by atoms with Gasteiger partial charge in [0.15, 0.2) is 5.82 Å². The number of ether oxygens (including phenoxy) is 1. The number of benzene rings is 1. The Hall–Kier alpha value is -4.14. The molecule has 0 N–H and O–H groups in total. The maximum atomic E-state index is 13.2. The maximum Gasteiger partial charge on any atom is 0.255 e. The lowest BCUT2D eigenvalue weighted by atomic mass is 9.94. The van der Waals surface area contributed by atoms with Crippen LogP contribution in [-0.2, 0) is 0 Å². The molecule has 1 saturated heterocycles. The van der Waals surface area contributed by atoms with Crippen molar-refractivity contribution in [2.45, 2.75) is 18.8 Å². The average Bonchev–Trinajstić information content (AvgIpc) is 3.41. The SMILES string of the molecule is O=C(c1ccc(-n2cccn2)nc1)N1CCC[C@@H](c2nccnc2Oc2ccc(F)cc2)C1. The number of hydrogen-bond donors (Lipinski definition) is 0. The van der Waals surface area contributed by atoms with Gasteiger partial charge in [-0.05, 0) is 55.3 Å². The van der Waals surface area contributed by atoms with E-state index in [9.17, 15) is 9.18 Å². The van der Waals surface area contributed by atoms with E-state index in [2.05, 4.69) is 20.1 Å². The molecule has 9 heteroatoms. The third-order valence-corrected chi connectivity index (χ3v) is 5.55. The Morgan fingerprint density at radius 3 is 2.64 bits per heavy atom. The minimum absolute atomic E-state index is 0.0249. The summed E-state index contributed by atoms with van der Waals surface area (Å²) in [6.07, 6.45) is 9.92. The van der Waals surface area contributed by atoms with E-state index in [0.29, 0.717) is 41.8 Å². The quantitative estimate of drug-likeness (QED) is 0.462. The average molecular weight is 444 g/mol. The van der Waals surface area contributed by atoms with Crippen molar-refractivity contribution in [3.8, 4) is 17.4 Å². The summed E-state index contributed by atoms with van der Waals surface area (Å²) in [6.45, 7) is 1.16. The van der Waals surface area contributed by atoms with Gasteiger partial charge in [-0.1, -0.05) is 0 Å². The van der Waals surface area contributed by atoms with E-state index in [0.717, 1.165) is 12.8 Å². The molecule has 0 spiro atoms. The number of likely N-dealkylation sites (tertiary alicyclic amines) is 1. The zero-order chi connectivity index (χ0) is 22.6. The lowest BCUT2D eigenvalue weighted by Gasteiger charge is -2.32. The number of halogens is 1. The van der Waals surface area contributed by atoms with Gasteiger partial charge in [0, 0.05) is 50.0 Å². The molecular weight excluding hydrogens is 423 g/mol. The second kappa shape index (κ2) is 9.15. The van der Waals surface area contributed by atoms with Crippen LogP contribution in [-0.4, -0.2) is 48.6 Å². The van der Waals surface area contributed by atoms with Crippen molar-refractivity contribution in [2.75, 3.05) is 13.1 Å². The first-order valence-electron chi connectivity index (χ1n) is 10.7. The molecule has 1 atom stereocenters. The highest BCUT2D eigenvalue weighted by Crippen LogP contribution is 2.33. The normalized spacial score (nSPS) is 15.9. The minimum atomic E-state index is -0.338. The Balaban J connectivity index is 1.32. The molecule has 0 radical (unpaired) electrons. The number of aromatic nitrogens is 5.